The first-order chi connectivity index (χ1) is 9.10. The highest BCUT2D eigenvalue weighted by atomic mass is 16.2. The van der Waals surface area contributed by atoms with Gasteiger partial charge in [-0.25, -0.2) is 0 Å². The minimum absolute atomic E-state index is 0.0995. The summed E-state index contributed by atoms with van der Waals surface area (Å²) < 4.78 is 0. The third kappa shape index (κ3) is 4.27. The summed E-state index contributed by atoms with van der Waals surface area (Å²) in [4.78, 5) is 14.2. The lowest BCUT2D eigenvalue weighted by atomic mass is 10.1. The number of carbonyl (C=O) groups excluding carboxylic acids is 1. The quantitative estimate of drug-likeness (QED) is 0.605. The lowest BCUT2D eigenvalue weighted by Gasteiger charge is -2.24. The van der Waals surface area contributed by atoms with Crippen LogP contribution in [0.2, 0.25) is 0 Å². The number of carbonyl (C=O) groups is 1. The molecule has 0 aromatic heterocycles. The molecule has 0 spiro atoms. The summed E-state index contributed by atoms with van der Waals surface area (Å²) >= 11 is 0. The molecule has 1 aromatic carbocycles. The number of hydrogen-bond donors (Lipinski definition) is 2. The van der Waals surface area contributed by atoms with Gasteiger partial charge in [0.1, 0.15) is 0 Å². The summed E-state index contributed by atoms with van der Waals surface area (Å²) in [5.74, 6) is 5.67. The van der Waals surface area contributed by atoms with Crippen molar-refractivity contribution in [2.45, 2.75) is 20.3 Å². The van der Waals surface area contributed by atoms with Crippen LogP contribution in [0.4, 0.5) is 5.69 Å². The Morgan fingerprint density at radius 2 is 2.16 bits per heavy atom. The van der Waals surface area contributed by atoms with E-state index < -0.39 is 0 Å². The van der Waals surface area contributed by atoms with Crippen molar-refractivity contribution in [1.29, 1.82) is 5.26 Å². The summed E-state index contributed by atoms with van der Waals surface area (Å²) in [7, 11) is 0. The van der Waals surface area contributed by atoms with Crippen molar-refractivity contribution in [3.05, 3.63) is 29.8 Å². The van der Waals surface area contributed by atoms with Gasteiger partial charge in [-0.3, -0.25) is 10.6 Å². The number of benzene rings is 1. The zero-order valence-corrected chi connectivity index (χ0v) is 11.4. The molecule has 5 nitrogen and oxygen atoms in total. The Kier molecular flexibility index (Phi) is 5.83. The molecule has 0 atom stereocenters. The second kappa shape index (κ2) is 7.39. The normalized spacial score (nSPS) is 10.1. The van der Waals surface area contributed by atoms with E-state index >= 15 is 0 Å². The van der Waals surface area contributed by atoms with E-state index in [1.807, 2.05) is 19.9 Å². The number of nitriles is 1. The van der Waals surface area contributed by atoms with Crippen LogP contribution in [-0.4, -0.2) is 23.9 Å². The van der Waals surface area contributed by atoms with Crippen molar-refractivity contribution < 1.29 is 4.79 Å². The van der Waals surface area contributed by atoms with Crippen LogP contribution in [0.3, 0.4) is 0 Å². The number of rotatable bonds is 6. The fourth-order valence-corrected chi connectivity index (χ4v) is 1.87. The average Bonchev–Trinajstić information content (AvgIpc) is 2.42. The molecule has 1 amide bonds. The maximum absolute atomic E-state index is 12.5. The van der Waals surface area contributed by atoms with E-state index in [1.54, 1.807) is 23.1 Å². The average molecular weight is 260 g/mol. The van der Waals surface area contributed by atoms with Gasteiger partial charge in [-0.15, -0.1) is 0 Å². The van der Waals surface area contributed by atoms with Gasteiger partial charge in [-0.05, 0) is 18.1 Å². The minimum atomic E-state index is -0.0995. The number of anilines is 1. The molecule has 0 bridgehead atoms. The molecule has 5 heteroatoms. The van der Waals surface area contributed by atoms with Gasteiger partial charge in [-0.2, -0.15) is 5.26 Å². The molecule has 0 unspecified atom stereocenters. The molecule has 102 valence electrons. The topological polar surface area (TPSA) is 82.2 Å². The summed E-state index contributed by atoms with van der Waals surface area (Å²) in [6.45, 7) is 5.14. The summed E-state index contributed by atoms with van der Waals surface area (Å²) in [6.07, 6.45) is 0.330. The van der Waals surface area contributed by atoms with Crippen molar-refractivity contribution in [3.8, 4) is 6.07 Å². The maximum Gasteiger partial charge on any atom is 0.256 e. The molecule has 1 aromatic rings. The lowest BCUT2D eigenvalue weighted by molar-refractivity contribution is 0.0741. The summed E-state index contributed by atoms with van der Waals surface area (Å²) in [5.41, 5.74) is 3.65. The predicted octanol–water partition coefficient (Wildman–Crippen LogP) is 1.98. The molecule has 3 N–H and O–H groups in total. The van der Waals surface area contributed by atoms with Crippen molar-refractivity contribution >= 4 is 11.6 Å². The van der Waals surface area contributed by atoms with Gasteiger partial charge >= 0.3 is 0 Å². The Hall–Kier alpha value is -2.06. The molecule has 0 fully saturated rings. The molecule has 0 radical (unpaired) electrons. The van der Waals surface area contributed by atoms with Crippen LogP contribution in [0.1, 0.15) is 30.6 Å². The van der Waals surface area contributed by atoms with Crippen molar-refractivity contribution in [2.75, 3.05) is 18.5 Å². The van der Waals surface area contributed by atoms with Gasteiger partial charge in [0.15, 0.2) is 0 Å². The smallest absolute Gasteiger partial charge is 0.256 e. The van der Waals surface area contributed by atoms with Gasteiger partial charge in [0, 0.05) is 13.1 Å². The number of nitrogen functional groups attached to an aromatic ring is 1. The summed E-state index contributed by atoms with van der Waals surface area (Å²) in [5, 5.41) is 8.68. The Bertz CT molecular complexity index is 465. The number of amides is 1. The predicted molar refractivity (Wildman–Crippen MR) is 75.2 cm³/mol. The zero-order chi connectivity index (χ0) is 14.3. The number of nitrogens with zero attached hydrogens (tertiary/aromatic N) is 2. The molecule has 1 rings (SSSR count). The Labute approximate surface area is 114 Å². The largest absolute Gasteiger partial charge is 0.337 e. The van der Waals surface area contributed by atoms with Gasteiger partial charge in [0.25, 0.3) is 5.91 Å². The highest BCUT2D eigenvalue weighted by molar-refractivity contribution is 5.99. The lowest BCUT2D eigenvalue weighted by Crippen LogP contribution is -2.35. The Morgan fingerprint density at radius 3 is 2.74 bits per heavy atom. The molecule has 0 aliphatic rings. The number of hydrogen-bond acceptors (Lipinski definition) is 4. The van der Waals surface area contributed by atoms with E-state index in [-0.39, 0.29) is 5.91 Å². The van der Waals surface area contributed by atoms with Crippen LogP contribution in [0, 0.1) is 17.2 Å². The first-order valence-corrected chi connectivity index (χ1v) is 6.32. The highest BCUT2D eigenvalue weighted by Gasteiger charge is 2.18. The number of nitrogens with two attached hydrogens (primary N) is 1. The maximum atomic E-state index is 12.5. The van der Waals surface area contributed by atoms with E-state index in [0.717, 1.165) is 0 Å². The number of para-hydroxylation sites is 1. The van der Waals surface area contributed by atoms with Crippen molar-refractivity contribution in [2.24, 2.45) is 11.8 Å². The Morgan fingerprint density at radius 1 is 1.47 bits per heavy atom. The fraction of sp³-hybridized carbons (Fsp3) is 0.429. The van der Waals surface area contributed by atoms with Gasteiger partial charge in [0.2, 0.25) is 0 Å². The molecule has 0 heterocycles. The van der Waals surface area contributed by atoms with E-state index in [9.17, 15) is 4.79 Å². The van der Waals surface area contributed by atoms with E-state index in [1.165, 1.54) is 0 Å². The molecule has 0 saturated heterocycles. The second-order valence-electron chi connectivity index (χ2n) is 4.74. The molecular weight excluding hydrogens is 240 g/mol. The van der Waals surface area contributed by atoms with Gasteiger partial charge in [0.05, 0.1) is 23.7 Å². The van der Waals surface area contributed by atoms with E-state index in [4.69, 9.17) is 11.1 Å². The number of nitrogens with one attached hydrogen (secondary N) is 1. The van der Waals surface area contributed by atoms with E-state index in [0.29, 0.717) is 36.7 Å². The SMILES string of the molecule is CC(C)CN(CCC#N)C(=O)c1ccccc1NN. The monoisotopic (exact) mass is 260 g/mol. The second-order valence-corrected chi connectivity index (χ2v) is 4.74. The number of hydrazine groups is 1. The first kappa shape index (κ1) is 15.0. The van der Waals surface area contributed by atoms with Crippen LogP contribution in [0.15, 0.2) is 24.3 Å². The van der Waals surface area contributed by atoms with Crippen molar-refractivity contribution in [3.63, 3.8) is 0 Å². The molecule has 0 aliphatic carbocycles. The molecule has 0 aliphatic heterocycles. The van der Waals surface area contributed by atoms with Gasteiger partial charge in [-0.1, -0.05) is 26.0 Å². The van der Waals surface area contributed by atoms with Crippen molar-refractivity contribution in [1.82, 2.24) is 4.90 Å². The third-order valence-corrected chi connectivity index (χ3v) is 2.68. The Balaban J connectivity index is 2.94. The van der Waals surface area contributed by atoms with Crippen LogP contribution < -0.4 is 11.3 Å². The fourth-order valence-electron chi connectivity index (χ4n) is 1.87. The molecule has 0 saturated carbocycles. The molecular formula is C14H20N4O. The van der Waals surface area contributed by atoms with Crippen LogP contribution >= 0.6 is 0 Å². The first-order valence-electron chi connectivity index (χ1n) is 6.32. The standard InChI is InChI=1S/C14H20N4O/c1-11(2)10-18(9-5-8-15)14(19)12-6-3-4-7-13(12)17-16/h3-4,6-7,11,17H,5,9-10,16H2,1-2H3. The van der Waals surface area contributed by atoms with Crippen LogP contribution in [-0.2, 0) is 0 Å². The van der Waals surface area contributed by atoms with E-state index in [2.05, 4.69) is 11.5 Å². The zero-order valence-electron chi connectivity index (χ0n) is 11.4. The highest BCUT2D eigenvalue weighted by Crippen LogP contribution is 2.17. The summed E-state index contributed by atoms with van der Waals surface area (Å²) in [6, 6.07) is 9.17. The molecule has 19 heavy (non-hydrogen) atoms. The third-order valence-electron chi connectivity index (χ3n) is 2.68. The van der Waals surface area contributed by atoms with Crippen LogP contribution in [0.25, 0.3) is 0 Å². The minimum Gasteiger partial charge on any atom is -0.337 e. The van der Waals surface area contributed by atoms with Crippen LogP contribution in [0.5, 0.6) is 0 Å². The van der Waals surface area contributed by atoms with Gasteiger partial charge < -0.3 is 10.3 Å².